The second-order valence-corrected chi connectivity index (χ2v) is 5.94. The molecule has 1 heterocycles. The predicted octanol–water partition coefficient (Wildman–Crippen LogP) is 3.05. The molecule has 0 atom stereocenters. The Morgan fingerprint density at radius 3 is 2.77 bits per heavy atom. The third kappa shape index (κ3) is 3.46. The predicted molar refractivity (Wildman–Crippen MR) is 84.5 cm³/mol. The van der Waals surface area contributed by atoms with Crippen LogP contribution >= 0.6 is 11.8 Å². The maximum absolute atomic E-state index is 12.8. The zero-order chi connectivity index (χ0) is 15.5. The topological polar surface area (TPSA) is 58.2 Å². The summed E-state index contributed by atoms with van der Waals surface area (Å²) in [5, 5.41) is 5.54. The van der Waals surface area contributed by atoms with E-state index >= 15 is 0 Å². The number of benzene rings is 2. The summed E-state index contributed by atoms with van der Waals surface area (Å²) in [6, 6.07) is 11.3. The highest BCUT2D eigenvalue weighted by atomic mass is 32.2. The summed E-state index contributed by atoms with van der Waals surface area (Å²) < 4.78 is 12.8. The first kappa shape index (κ1) is 14.6. The molecule has 6 heteroatoms. The third-order valence-corrected chi connectivity index (χ3v) is 4.21. The molecule has 1 aliphatic heterocycles. The first-order chi connectivity index (χ1) is 10.6. The highest BCUT2D eigenvalue weighted by molar-refractivity contribution is 8.00. The van der Waals surface area contributed by atoms with Gasteiger partial charge in [0.2, 0.25) is 11.8 Å². The van der Waals surface area contributed by atoms with Crippen molar-refractivity contribution in [2.75, 3.05) is 16.4 Å². The van der Waals surface area contributed by atoms with E-state index in [0.29, 0.717) is 12.1 Å². The molecule has 2 aromatic carbocycles. The molecule has 2 amide bonds. The highest BCUT2D eigenvalue weighted by Crippen LogP contribution is 2.26. The van der Waals surface area contributed by atoms with Gasteiger partial charge in [-0.15, -0.1) is 11.8 Å². The average molecular weight is 316 g/mol. The van der Waals surface area contributed by atoms with Gasteiger partial charge in [-0.25, -0.2) is 4.39 Å². The van der Waals surface area contributed by atoms with Gasteiger partial charge in [-0.05, 0) is 48.0 Å². The van der Waals surface area contributed by atoms with E-state index in [1.807, 2.05) is 0 Å². The van der Waals surface area contributed by atoms with Crippen molar-refractivity contribution in [3.63, 3.8) is 0 Å². The molecule has 0 saturated heterocycles. The van der Waals surface area contributed by atoms with E-state index in [2.05, 4.69) is 10.6 Å². The van der Waals surface area contributed by atoms with Crippen LogP contribution in [0.5, 0.6) is 0 Å². The number of carbonyl (C=O) groups excluding carboxylic acids is 2. The van der Waals surface area contributed by atoms with Crippen LogP contribution in [0.4, 0.5) is 15.8 Å². The smallest absolute Gasteiger partial charge is 0.234 e. The van der Waals surface area contributed by atoms with E-state index in [1.54, 1.807) is 30.3 Å². The molecule has 3 rings (SSSR count). The van der Waals surface area contributed by atoms with Gasteiger partial charge in [-0.3, -0.25) is 9.59 Å². The lowest BCUT2D eigenvalue weighted by Crippen LogP contribution is -2.14. The Morgan fingerprint density at radius 2 is 2.00 bits per heavy atom. The van der Waals surface area contributed by atoms with Crippen molar-refractivity contribution in [3.8, 4) is 0 Å². The molecule has 0 radical (unpaired) electrons. The molecule has 0 aliphatic carbocycles. The van der Waals surface area contributed by atoms with Crippen LogP contribution in [0.15, 0.2) is 47.4 Å². The monoisotopic (exact) mass is 316 g/mol. The van der Waals surface area contributed by atoms with Crippen LogP contribution in [0.1, 0.15) is 5.56 Å². The molecule has 22 heavy (non-hydrogen) atoms. The van der Waals surface area contributed by atoms with Crippen molar-refractivity contribution in [1.82, 2.24) is 0 Å². The van der Waals surface area contributed by atoms with Gasteiger partial charge in [0.15, 0.2) is 0 Å². The van der Waals surface area contributed by atoms with Gasteiger partial charge in [0.25, 0.3) is 0 Å². The Morgan fingerprint density at radius 1 is 1.23 bits per heavy atom. The molecule has 0 aromatic heterocycles. The summed E-state index contributed by atoms with van der Waals surface area (Å²) in [5.74, 6) is -0.244. The fourth-order valence-electron chi connectivity index (χ4n) is 2.18. The van der Waals surface area contributed by atoms with E-state index in [4.69, 9.17) is 0 Å². The Labute approximate surface area is 131 Å². The molecule has 2 N–H and O–H groups in total. The third-order valence-electron chi connectivity index (χ3n) is 3.20. The van der Waals surface area contributed by atoms with Gasteiger partial charge < -0.3 is 10.6 Å². The summed E-state index contributed by atoms with van der Waals surface area (Å²) in [7, 11) is 0. The molecule has 0 unspecified atom stereocenters. The minimum absolute atomic E-state index is 0.0367. The number of thioether (sulfide) groups is 1. The number of fused-ring (bicyclic) bond motifs is 1. The highest BCUT2D eigenvalue weighted by Gasteiger charge is 2.17. The molecule has 4 nitrogen and oxygen atoms in total. The lowest BCUT2D eigenvalue weighted by atomic mass is 10.1. The molecule has 0 bridgehead atoms. The number of nitrogens with one attached hydrogen (secondary N) is 2. The van der Waals surface area contributed by atoms with Crippen LogP contribution in [0.25, 0.3) is 0 Å². The number of carbonyl (C=O) groups is 2. The first-order valence-corrected chi connectivity index (χ1v) is 7.70. The molecule has 0 spiro atoms. The largest absolute Gasteiger partial charge is 0.326 e. The summed E-state index contributed by atoms with van der Waals surface area (Å²) in [4.78, 5) is 24.1. The van der Waals surface area contributed by atoms with E-state index in [-0.39, 0.29) is 23.4 Å². The van der Waals surface area contributed by atoms with Crippen LogP contribution < -0.4 is 10.6 Å². The number of hydrogen-bond donors (Lipinski definition) is 2. The van der Waals surface area contributed by atoms with Crippen LogP contribution in [-0.2, 0) is 16.0 Å². The molecule has 0 fully saturated rings. The van der Waals surface area contributed by atoms with Gasteiger partial charge in [-0.2, -0.15) is 0 Å². The van der Waals surface area contributed by atoms with E-state index in [0.717, 1.165) is 16.1 Å². The van der Waals surface area contributed by atoms with Gasteiger partial charge >= 0.3 is 0 Å². The summed E-state index contributed by atoms with van der Waals surface area (Å²) in [6.45, 7) is 0. The minimum atomic E-state index is -0.296. The van der Waals surface area contributed by atoms with Crippen LogP contribution in [-0.4, -0.2) is 17.6 Å². The average Bonchev–Trinajstić information content (AvgIpc) is 2.86. The lowest BCUT2D eigenvalue weighted by molar-refractivity contribution is -0.115. The quantitative estimate of drug-likeness (QED) is 0.852. The number of hydrogen-bond acceptors (Lipinski definition) is 3. The van der Waals surface area contributed by atoms with Crippen molar-refractivity contribution in [2.45, 2.75) is 11.3 Å². The van der Waals surface area contributed by atoms with Gasteiger partial charge in [0.05, 0.1) is 12.2 Å². The standard InChI is InChI=1S/C16H13FN2O2S/c17-11-1-4-13(5-2-11)22-9-16(21)18-12-3-6-14-10(7-12)8-15(20)19-14/h1-7H,8-9H2,(H,18,21)(H,19,20). The van der Waals surface area contributed by atoms with Crippen molar-refractivity contribution >= 4 is 35.0 Å². The zero-order valence-corrected chi connectivity index (χ0v) is 12.4. The molecule has 0 saturated carbocycles. The minimum Gasteiger partial charge on any atom is -0.326 e. The van der Waals surface area contributed by atoms with Crippen LogP contribution in [0.2, 0.25) is 0 Å². The first-order valence-electron chi connectivity index (χ1n) is 6.71. The van der Waals surface area contributed by atoms with Gasteiger partial charge in [0, 0.05) is 16.3 Å². The molecular formula is C16H13FN2O2S. The van der Waals surface area contributed by atoms with Gasteiger partial charge in [0.1, 0.15) is 5.82 Å². The fraction of sp³-hybridized carbons (Fsp3) is 0.125. The normalized spacial score (nSPS) is 12.7. The number of rotatable bonds is 4. The molecular weight excluding hydrogens is 303 g/mol. The summed E-state index contributed by atoms with van der Waals surface area (Å²) >= 11 is 1.34. The van der Waals surface area contributed by atoms with E-state index in [1.165, 1.54) is 23.9 Å². The number of halogens is 1. The molecule has 2 aromatic rings. The summed E-state index contributed by atoms with van der Waals surface area (Å²) in [5.41, 5.74) is 2.35. The maximum atomic E-state index is 12.8. The number of anilines is 2. The van der Waals surface area contributed by atoms with Crippen molar-refractivity contribution in [2.24, 2.45) is 0 Å². The van der Waals surface area contributed by atoms with E-state index < -0.39 is 0 Å². The Bertz CT molecular complexity index is 731. The summed E-state index contributed by atoms with van der Waals surface area (Å²) in [6.07, 6.45) is 0.337. The second kappa shape index (κ2) is 6.19. The van der Waals surface area contributed by atoms with Crippen molar-refractivity contribution < 1.29 is 14.0 Å². The zero-order valence-electron chi connectivity index (χ0n) is 11.6. The van der Waals surface area contributed by atoms with Crippen molar-refractivity contribution in [3.05, 3.63) is 53.8 Å². The van der Waals surface area contributed by atoms with Crippen LogP contribution in [0, 0.1) is 5.82 Å². The van der Waals surface area contributed by atoms with Crippen molar-refractivity contribution in [1.29, 1.82) is 0 Å². The van der Waals surface area contributed by atoms with E-state index in [9.17, 15) is 14.0 Å². The van der Waals surface area contributed by atoms with Gasteiger partial charge in [-0.1, -0.05) is 0 Å². The van der Waals surface area contributed by atoms with Crippen LogP contribution in [0.3, 0.4) is 0 Å². The Balaban J connectivity index is 1.57. The SMILES string of the molecule is O=C(CSc1ccc(F)cc1)Nc1ccc2c(c1)CC(=O)N2. The second-order valence-electron chi connectivity index (χ2n) is 4.89. The fourth-order valence-corrected chi connectivity index (χ4v) is 2.88. The Kier molecular flexibility index (Phi) is 4.11. The lowest BCUT2D eigenvalue weighted by Gasteiger charge is -2.07. The molecule has 112 valence electrons. The molecule has 1 aliphatic rings. The number of amides is 2. The Hall–Kier alpha value is -2.34. The maximum Gasteiger partial charge on any atom is 0.234 e.